The molecule has 0 aromatic rings. The van der Waals surface area contributed by atoms with Gasteiger partial charge in [-0.15, -0.1) is 0 Å². The van der Waals surface area contributed by atoms with E-state index in [1.165, 1.54) is 0 Å². The minimum absolute atomic E-state index is 0.00866. The molecule has 1 heterocycles. The summed E-state index contributed by atoms with van der Waals surface area (Å²) in [4.78, 5) is 10.9. The van der Waals surface area contributed by atoms with Crippen LogP contribution >= 0.6 is 0 Å². The number of carbonyl (C=O) groups is 1. The zero-order valence-corrected chi connectivity index (χ0v) is 7.05. The van der Waals surface area contributed by atoms with Gasteiger partial charge in [-0.25, -0.2) is 10.2 Å². The molecule has 2 N–H and O–H groups in total. The van der Waals surface area contributed by atoms with Crippen LogP contribution in [0.15, 0.2) is 0 Å². The summed E-state index contributed by atoms with van der Waals surface area (Å²) in [6.45, 7) is 5.66. The number of nitrogens with one attached hydrogen (secondary N) is 2. The van der Waals surface area contributed by atoms with Crippen LogP contribution in [-0.2, 0) is 0 Å². The normalized spacial score (nSPS) is 17.7. The fraction of sp³-hybridized carbons (Fsp3) is 0.857. The third-order valence-electron chi connectivity index (χ3n) is 1.68. The summed E-state index contributed by atoms with van der Waals surface area (Å²) < 4.78 is 0. The van der Waals surface area contributed by atoms with Crippen molar-refractivity contribution in [3.05, 3.63) is 0 Å². The first-order chi connectivity index (χ1) is 5.20. The van der Waals surface area contributed by atoms with Crippen LogP contribution in [0.1, 0.15) is 20.3 Å². The Morgan fingerprint density at radius 1 is 1.64 bits per heavy atom. The number of amides is 2. The monoisotopic (exact) mass is 157 g/mol. The summed E-state index contributed by atoms with van der Waals surface area (Å²) in [6.07, 6.45) is 1.04. The molecule has 64 valence electrons. The van der Waals surface area contributed by atoms with Crippen molar-refractivity contribution in [1.29, 1.82) is 0 Å². The quantitative estimate of drug-likeness (QED) is 0.627. The third kappa shape index (κ3) is 2.38. The van der Waals surface area contributed by atoms with Crippen LogP contribution in [0, 0.1) is 5.92 Å². The molecule has 0 unspecified atom stereocenters. The Morgan fingerprint density at radius 3 is 2.82 bits per heavy atom. The molecule has 1 aliphatic rings. The van der Waals surface area contributed by atoms with Crippen molar-refractivity contribution in [1.82, 2.24) is 15.8 Å². The first-order valence-corrected chi connectivity index (χ1v) is 3.99. The van der Waals surface area contributed by atoms with Gasteiger partial charge < -0.3 is 5.32 Å². The number of rotatable bonds is 3. The summed E-state index contributed by atoms with van der Waals surface area (Å²) in [5.41, 5.74) is 2.93. The Morgan fingerprint density at radius 2 is 2.36 bits per heavy atom. The molecule has 0 spiro atoms. The van der Waals surface area contributed by atoms with Gasteiger partial charge in [0.15, 0.2) is 0 Å². The lowest BCUT2D eigenvalue weighted by Crippen LogP contribution is -2.35. The van der Waals surface area contributed by atoms with Gasteiger partial charge in [-0.05, 0) is 12.3 Å². The van der Waals surface area contributed by atoms with Gasteiger partial charge in [0.05, 0.1) is 6.67 Å². The summed E-state index contributed by atoms with van der Waals surface area (Å²) >= 11 is 0. The van der Waals surface area contributed by atoms with Crippen molar-refractivity contribution in [2.24, 2.45) is 5.92 Å². The number of urea groups is 1. The molecule has 0 radical (unpaired) electrons. The number of nitrogens with zero attached hydrogens (tertiary/aromatic N) is 1. The Balaban J connectivity index is 2.20. The standard InChI is InChI=1S/C7H15N3O/c1-6(2)3-4-10-7(11)8-5-9-10/h6,9H,3-5H2,1-2H3,(H,8,11). The van der Waals surface area contributed by atoms with E-state index in [0.717, 1.165) is 13.0 Å². The number of hydrogen-bond donors (Lipinski definition) is 2. The largest absolute Gasteiger partial charge is 0.332 e. The molecule has 0 atom stereocenters. The molecule has 2 amide bonds. The van der Waals surface area contributed by atoms with Crippen LogP contribution in [0.4, 0.5) is 4.79 Å². The highest BCUT2D eigenvalue weighted by atomic mass is 16.2. The van der Waals surface area contributed by atoms with Crippen LogP contribution < -0.4 is 10.7 Å². The van der Waals surface area contributed by atoms with Gasteiger partial charge >= 0.3 is 6.03 Å². The van der Waals surface area contributed by atoms with E-state index in [2.05, 4.69) is 24.6 Å². The van der Waals surface area contributed by atoms with Crippen LogP contribution in [0.25, 0.3) is 0 Å². The second-order valence-electron chi connectivity index (χ2n) is 3.15. The summed E-state index contributed by atoms with van der Waals surface area (Å²) in [6, 6.07) is -0.00866. The molecule has 1 aliphatic heterocycles. The molecular formula is C7H15N3O. The number of carbonyl (C=O) groups excluding carboxylic acids is 1. The Hall–Kier alpha value is -0.770. The van der Waals surface area contributed by atoms with E-state index in [-0.39, 0.29) is 6.03 Å². The van der Waals surface area contributed by atoms with E-state index in [4.69, 9.17) is 0 Å². The van der Waals surface area contributed by atoms with Crippen LogP contribution in [-0.4, -0.2) is 24.3 Å². The van der Waals surface area contributed by atoms with Crippen molar-refractivity contribution in [3.63, 3.8) is 0 Å². The number of hydrazine groups is 1. The minimum atomic E-state index is -0.00866. The van der Waals surface area contributed by atoms with Crippen molar-refractivity contribution in [2.45, 2.75) is 20.3 Å². The average molecular weight is 157 g/mol. The zero-order valence-electron chi connectivity index (χ0n) is 7.05. The fourth-order valence-electron chi connectivity index (χ4n) is 0.946. The molecule has 0 aromatic carbocycles. The Kier molecular flexibility index (Phi) is 2.70. The maximum atomic E-state index is 10.9. The van der Waals surface area contributed by atoms with E-state index >= 15 is 0 Å². The van der Waals surface area contributed by atoms with Gasteiger partial charge in [0.1, 0.15) is 0 Å². The van der Waals surface area contributed by atoms with Crippen molar-refractivity contribution < 1.29 is 4.79 Å². The Bertz CT molecular complexity index is 147. The molecule has 0 aromatic heterocycles. The van der Waals surface area contributed by atoms with Crippen molar-refractivity contribution in [2.75, 3.05) is 13.2 Å². The summed E-state index contributed by atoms with van der Waals surface area (Å²) in [5, 5.41) is 4.29. The molecule has 1 fully saturated rings. The molecule has 0 aliphatic carbocycles. The molecule has 11 heavy (non-hydrogen) atoms. The summed E-state index contributed by atoms with van der Waals surface area (Å²) in [7, 11) is 0. The first kappa shape index (κ1) is 8.33. The van der Waals surface area contributed by atoms with Crippen LogP contribution in [0.2, 0.25) is 0 Å². The maximum Gasteiger partial charge on any atom is 0.332 e. The SMILES string of the molecule is CC(C)CCN1NCNC1=O. The lowest BCUT2D eigenvalue weighted by atomic mass is 10.1. The second kappa shape index (κ2) is 3.57. The highest BCUT2D eigenvalue weighted by molar-refractivity contribution is 5.75. The van der Waals surface area contributed by atoms with Crippen molar-refractivity contribution >= 4 is 6.03 Å². The summed E-state index contributed by atoms with van der Waals surface area (Å²) in [5.74, 6) is 0.644. The predicted molar refractivity (Wildman–Crippen MR) is 42.7 cm³/mol. The molecule has 0 saturated carbocycles. The Labute approximate surface area is 66.9 Å². The van der Waals surface area contributed by atoms with Gasteiger partial charge in [-0.3, -0.25) is 5.01 Å². The van der Waals surface area contributed by atoms with Gasteiger partial charge in [0.25, 0.3) is 0 Å². The van der Waals surface area contributed by atoms with Gasteiger partial charge in [0, 0.05) is 6.54 Å². The number of hydrogen-bond acceptors (Lipinski definition) is 2. The minimum Gasteiger partial charge on any atom is -0.323 e. The van der Waals surface area contributed by atoms with E-state index in [0.29, 0.717) is 12.6 Å². The predicted octanol–water partition coefficient (Wildman–Crippen LogP) is 0.520. The second-order valence-corrected chi connectivity index (χ2v) is 3.15. The van der Waals surface area contributed by atoms with E-state index in [1.54, 1.807) is 5.01 Å². The molecule has 1 saturated heterocycles. The molecular weight excluding hydrogens is 142 g/mol. The van der Waals surface area contributed by atoms with Crippen LogP contribution in [0.3, 0.4) is 0 Å². The third-order valence-corrected chi connectivity index (χ3v) is 1.68. The topological polar surface area (TPSA) is 44.4 Å². The molecule has 4 nitrogen and oxygen atoms in total. The van der Waals surface area contributed by atoms with E-state index in [9.17, 15) is 4.79 Å². The highest BCUT2D eigenvalue weighted by Gasteiger charge is 2.17. The average Bonchev–Trinajstić information content (AvgIpc) is 2.31. The van der Waals surface area contributed by atoms with E-state index < -0.39 is 0 Å². The fourth-order valence-corrected chi connectivity index (χ4v) is 0.946. The van der Waals surface area contributed by atoms with E-state index in [1.807, 2.05) is 0 Å². The van der Waals surface area contributed by atoms with Crippen molar-refractivity contribution in [3.8, 4) is 0 Å². The van der Waals surface area contributed by atoms with Crippen LogP contribution in [0.5, 0.6) is 0 Å². The lowest BCUT2D eigenvalue weighted by Gasteiger charge is -2.14. The molecule has 0 bridgehead atoms. The highest BCUT2D eigenvalue weighted by Crippen LogP contribution is 2.01. The lowest BCUT2D eigenvalue weighted by molar-refractivity contribution is 0.197. The zero-order chi connectivity index (χ0) is 8.27. The van der Waals surface area contributed by atoms with Gasteiger partial charge in [-0.2, -0.15) is 0 Å². The van der Waals surface area contributed by atoms with Gasteiger partial charge in [0.2, 0.25) is 0 Å². The molecule has 1 rings (SSSR count). The smallest absolute Gasteiger partial charge is 0.323 e. The first-order valence-electron chi connectivity index (χ1n) is 3.99. The van der Waals surface area contributed by atoms with Gasteiger partial charge in [-0.1, -0.05) is 13.8 Å². The molecule has 4 heteroatoms. The maximum absolute atomic E-state index is 10.9.